The number of hydrogen-bond donors (Lipinski definition) is 2. The van der Waals surface area contributed by atoms with Crippen LogP contribution < -0.4 is 5.32 Å². The van der Waals surface area contributed by atoms with Gasteiger partial charge in [-0.2, -0.15) is 13.2 Å². The summed E-state index contributed by atoms with van der Waals surface area (Å²) in [5, 5.41) is 12.6. The molecule has 0 aliphatic carbocycles. The summed E-state index contributed by atoms with van der Waals surface area (Å²) in [5.41, 5.74) is -0.852. The van der Waals surface area contributed by atoms with Crippen LogP contribution in [0.5, 0.6) is 0 Å². The molecule has 20 heavy (non-hydrogen) atoms. The van der Waals surface area contributed by atoms with Gasteiger partial charge in [0.05, 0.1) is 18.3 Å². The van der Waals surface area contributed by atoms with Gasteiger partial charge in [0, 0.05) is 19.2 Å². The first-order chi connectivity index (χ1) is 9.16. The molecule has 1 atom stereocenters. The van der Waals surface area contributed by atoms with Crippen molar-refractivity contribution in [2.75, 3.05) is 20.3 Å². The smallest absolute Gasteiger partial charge is 0.389 e. The summed E-state index contributed by atoms with van der Waals surface area (Å²) in [6, 6.07) is 5.17. The average molecular weight is 291 g/mol. The van der Waals surface area contributed by atoms with Crippen molar-refractivity contribution in [3.05, 3.63) is 35.4 Å². The summed E-state index contributed by atoms with van der Waals surface area (Å²) in [5.74, 6) is 0. The number of aliphatic hydroxyl groups is 1. The summed E-state index contributed by atoms with van der Waals surface area (Å²) >= 11 is 0. The lowest BCUT2D eigenvalue weighted by molar-refractivity contribution is -0.137. The number of halogens is 3. The molecule has 0 aromatic heterocycles. The van der Waals surface area contributed by atoms with Crippen LogP contribution in [0.1, 0.15) is 25.0 Å². The minimum absolute atomic E-state index is 0.172. The molecule has 1 unspecified atom stereocenters. The summed E-state index contributed by atoms with van der Waals surface area (Å²) < 4.78 is 42.9. The van der Waals surface area contributed by atoms with E-state index < -0.39 is 23.4 Å². The maximum Gasteiger partial charge on any atom is 0.416 e. The molecule has 0 fully saturated rings. The Morgan fingerprint density at radius 3 is 2.40 bits per heavy atom. The van der Waals surface area contributed by atoms with Crippen LogP contribution in [0.2, 0.25) is 0 Å². The van der Waals surface area contributed by atoms with Crippen LogP contribution >= 0.6 is 0 Å². The van der Waals surface area contributed by atoms with E-state index in [0.29, 0.717) is 5.56 Å². The number of rotatable bonds is 6. The van der Waals surface area contributed by atoms with Crippen molar-refractivity contribution in [1.29, 1.82) is 0 Å². The molecule has 0 saturated carbocycles. The van der Waals surface area contributed by atoms with Crippen LogP contribution in [0.15, 0.2) is 24.3 Å². The molecule has 1 rings (SSSR count). The number of benzene rings is 1. The van der Waals surface area contributed by atoms with Crippen LogP contribution in [0.4, 0.5) is 13.2 Å². The molecule has 114 valence electrons. The van der Waals surface area contributed by atoms with E-state index >= 15 is 0 Å². The zero-order chi connectivity index (χ0) is 15.4. The van der Waals surface area contributed by atoms with Gasteiger partial charge >= 0.3 is 6.18 Å². The molecule has 0 aliphatic heterocycles. The van der Waals surface area contributed by atoms with Crippen molar-refractivity contribution in [2.45, 2.75) is 31.7 Å². The standard InChI is InChI=1S/C14H20F3NO2/c1-13(2,18-8-12(19)9-20-3)10-5-4-6-11(7-10)14(15,16)17/h4-7,12,18-19H,8-9H2,1-3H3. The molecule has 2 N–H and O–H groups in total. The van der Waals surface area contributed by atoms with Crippen molar-refractivity contribution in [2.24, 2.45) is 0 Å². The Morgan fingerprint density at radius 2 is 1.85 bits per heavy atom. The van der Waals surface area contributed by atoms with Crippen LogP contribution in [0.3, 0.4) is 0 Å². The van der Waals surface area contributed by atoms with E-state index in [1.807, 2.05) is 0 Å². The lowest BCUT2D eigenvalue weighted by Crippen LogP contribution is -2.42. The van der Waals surface area contributed by atoms with Gasteiger partial charge in [0.25, 0.3) is 0 Å². The maximum atomic E-state index is 12.7. The number of methoxy groups -OCH3 is 1. The minimum atomic E-state index is -4.36. The predicted octanol–water partition coefficient (Wildman–Crippen LogP) is 2.54. The third kappa shape index (κ3) is 4.77. The fourth-order valence-electron chi connectivity index (χ4n) is 1.81. The molecule has 0 heterocycles. The number of alkyl halides is 3. The lowest BCUT2D eigenvalue weighted by Gasteiger charge is -2.29. The normalized spacial score (nSPS) is 14.3. The molecule has 1 aromatic rings. The van der Waals surface area contributed by atoms with Crippen molar-refractivity contribution < 1.29 is 23.0 Å². The molecular formula is C14H20F3NO2. The van der Waals surface area contributed by atoms with Gasteiger partial charge in [-0.1, -0.05) is 12.1 Å². The van der Waals surface area contributed by atoms with Gasteiger partial charge in [0.2, 0.25) is 0 Å². The summed E-state index contributed by atoms with van der Waals surface area (Å²) in [7, 11) is 1.47. The molecule has 3 nitrogen and oxygen atoms in total. The molecule has 6 heteroatoms. The van der Waals surface area contributed by atoms with E-state index in [1.165, 1.54) is 13.2 Å². The predicted molar refractivity (Wildman–Crippen MR) is 70.4 cm³/mol. The van der Waals surface area contributed by atoms with Crippen molar-refractivity contribution in [3.63, 3.8) is 0 Å². The second kappa shape index (κ2) is 6.56. The molecule has 0 radical (unpaired) electrons. The minimum Gasteiger partial charge on any atom is -0.389 e. The van der Waals surface area contributed by atoms with Crippen molar-refractivity contribution in [3.8, 4) is 0 Å². The number of nitrogens with one attached hydrogen (secondary N) is 1. The second-order valence-electron chi connectivity index (χ2n) is 5.19. The summed E-state index contributed by atoms with van der Waals surface area (Å²) in [4.78, 5) is 0. The number of aliphatic hydroxyl groups excluding tert-OH is 1. The van der Waals surface area contributed by atoms with Crippen LogP contribution in [-0.2, 0) is 16.5 Å². The molecule has 0 aliphatic rings. The van der Waals surface area contributed by atoms with Crippen LogP contribution in [0, 0.1) is 0 Å². The van der Waals surface area contributed by atoms with Gasteiger partial charge in [0.1, 0.15) is 0 Å². The lowest BCUT2D eigenvalue weighted by atomic mass is 9.92. The van der Waals surface area contributed by atoms with E-state index in [9.17, 15) is 18.3 Å². The van der Waals surface area contributed by atoms with Crippen LogP contribution in [-0.4, -0.2) is 31.5 Å². The number of ether oxygens (including phenoxy) is 1. The van der Waals surface area contributed by atoms with Gasteiger partial charge < -0.3 is 15.2 Å². The highest BCUT2D eigenvalue weighted by molar-refractivity contribution is 5.30. The first-order valence-corrected chi connectivity index (χ1v) is 6.26. The highest BCUT2D eigenvalue weighted by Gasteiger charge is 2.32. The average Bonchev–Trinajstić information content (AvgIpc) is 2.36. The van der Waals surface area contributed by atoms with Gasteiger partial charge in [-0.05, 0) is 31.5 Å². The Morgan fingerprint density at radius 1 is 1.25 bits per heavy atom. The van der Waals surface area contributed by atoms with E-state index in [1.54, 1.807) is 19.9 Å². The Balaban J connectivity index is 2.81. The summed E-state index contributed by atoms with van der Waals surface area (Å²) in [6.07, 6.45) is -5.06. The topological polar surface area (TPSA) is 41.5 Å². The summed E-state index contributed by atoms with van der Waals surface area (Å²) in [6.45, 7) is 3.94. The Hall–Kier alpha value is -1.11. The van der Waals surface area contributed by atoms with Crippen molar-refractivity contribution >= 4 is 0 Å². The second-order valence-corrected chi connectivity index (χ2v) is 5.19. The van der Waals surface area contributed by atoms with Crippen molar-refractivity contribution in [1.82, 2.24) is 5.32 Å². The number of hydrogen-bond acceptors (Lipinski definition) is 3. The van der Waals surface area contributed by atoms with Gasteiger partial charge in [-0.3, -0.25) is 0 Å². The molecule has 0 bridgehead atoms. The van der Waals surface area contributed by atoms with Gasteiger partial charge in [0.15, 0.2) is 0 Å². The highest BCUT2D eigenvalue weighted by Crippen LogP contribution is 2.31. The monoisotopic (exact) mass is 291 g/mol. The molecule has 0 amide bonds. The molecule has 0 saturated heterocycles. The SMILES string of the molecule is COCC(O)CNC(C)(C)c1cccc(C(F)(F)F)c1. The molecule has 0 spiro atoms. The maximum absolute atomic E-state index is 12.7. The Kier molecular flexibility index (Phi) is 5.56. The van der Waals surface area contributed by atoms with E-state index in [0.717, 1.165) is 12.1 Å². The zero-order valence-electron chi connectivity index (χ0n) is 11.8. The quantitative estimate of drug-likeness (QED) is 0.846. The van der Waals surface area contributed by atoms with Gasteiger partial charge in [-0.15, -0.1) is 0 Å². The first-order valence-electron chi connectivity index (χ1n) is 6.26. The highest BCUT2D eigenvalue weighted by atomic mass is 19.4. The van der Waals surface area contributed by atoms with E-state index in [2.05, 4.69) is 5.32 Å². The Bertz CT molecular complexity index is 433. The zero-order valence-corrected chi connectivity index (χ0v) is 11.8. The van der Waals surface area contributed by atoms with E-state index in [4.69, 9.17) is 4.74 Å². The third-order valence-electron chi connectivity index (χ3n) is 3.05. The van der Waals surface area contributed by atoms with E-state index in [-0.39, 0.29) is 13.2 Å². The first kappa shape index (κ1) is 16.9. The van der Waals surface area contributed by atoms with Crippen LogP contribution in [0.25, 0.3) is 0 Å². The fraction of sp³-hybridized carbons (Fsp3) is 0.571. The Labute approximate surface area is 116 Å². The molecular weight excluding hydrogens is 271 g/mol. The largest absolute Gasteiger partial charge is 0.416 e. The third-order valence-corrected chi connectivity index (χ3v) is 3.05. The molecule has 1 aromatic carbocycles. The fourth-order valence-corrected chi connectivity index (χ4v) is 1.81. The van der Waals surface area contributed by atoms with Gasteiger partial charge in [-0.25, -0.2) is 0 Å².